The quantitative estimate of drug-likeness (QED) is 0.905. The van der Waals surface area contributed by atoms with Crippen LogP contribution in [0.4, 0.5) is 0 Å². The maximum absolute atomic E-state index is 11.7. The van der Waals surface area contributed by atoms with Gasteiger partial charge in [0.25, 0.3) is 0 Å². The van der Waals surface area contributed by atoms with Crippen LogP contribution in [-0.4, -0.2) is 48.0 Å². The van der Waals surface area contributed by atoms with Gasteiger partial charge in [0.15, 0.2) is 0 Å². The Hall–Kier alpha value is -0.910. The van der Waals surface area contributed by atoms with Crippen LogP contribution in [0.25, 0.3) is 0 Å². The van der Waals surface area contributed by atoms with Crippen molar-refractivity contribution < 1.29 is 4.79 Å². The van der Waals surface area contributed by atoms with Gasteiger partial charge in [-0.3, -0.25) is 4.79 Å². The van der Waals surface area contributed by atoms with Crippen LogP contribution in [0.5, 0.6) is 0 Å². The second kappa shape index (κ2) is 9.98. The summed E-state index contributed by atoms with van der Waals surface area (Å²) in [5.41, 5.74) is 1.97. The summed E-state index contributed by atoms with van der Waals surface area (Å²) < 4.78 is 0. The average Bonchev–Trinajstić information content (AvgIpc) is 2.45. The van der Waals surface area contributed by atoms with Gasteiger partial charge in [0, 0.05) is 44.4 Å². The number of amides is 1. The van der Waals surface area contributed by atoms with Crippen LogP contribution in [0.15, 0.2) is 6.07 Å². The fourth-order valence-electron chi connectivity index (χ4n) is 2.50. The van der Waals surface area contributed by atoms with Crippen molar-refractivity contribution in [3.63, 3.8) is 0 Å². The molecule has 1 aromatic rings. The zero-order valence-corrected chi connectivity index (χ0v) is 15.1. The first-order valence-corrected chi connectivity index (χ1v) is 7.31. The Bertz CT molecular complexity index is 477. The molecule has 2 heterocycles. The Kier molecular flexibility index (Phi) is 9.56. The molecular weight excluding hydrogens is 323 g/mol. The van der Waals surface area contributed by atoms with E-state index in [0.29, 0.717) is 18.8 Å². The largest absolute Gasteiger partial charge is 0.349 e. The molecule has 0 saturated carbocycles. The summed E-state index contributed by atoms with van der Waals surface area (Å²) in [4.78, 5) is 22.5. The van der Waals surface area contributed by atoms with Gasteiger partial charge in [-0.2, -0.15) is 0 Å². The molecule has 1 fully saturated rings. The Morgan fingerprint density at radius 3 is 2.68 bits per heavy atom. The van der Waals surface area contributed by atoms with E-state index >= 15 is 0 Å². The minimum absolute atomic E-state index is 0. The SMILES string of the molecule is Cc1cc(CCC(=O)N(C)C)nc(C2CCCNC2)n1.Cl.Cl. The first kappa shape index (κ1) is 21.1. The zero-order chi connectivity index (χ0) is 14.5. The fourth-order valence-corrected chi connectivity index (χ4v) is 2.50. The third-order valence-electron chi connectivity index (χ3n) is 3.68. The second-order valence-corrected chi connectivity index (χ2v) is 5.69. The second-order valence-electron chi connectivity index (χ2n) is 5.69. The van der Waals surface area contributed by atoms with Gasteiger partial charge in [-0.1, -0.05) is 0 Å². The molecule has 1 unspecified atom stereocenters. The van der Waals surface area contributed by atoms with Gasteiger partial charge in [0.1, 0.15) is 5.82 Å². The highest BCUT2D eigenvalue weighted by atomic mass is 35.5. The van der Waals surface area contributed by atoms with Gasteiger partial charge in [-0.05, 0) is 38.8 Å². The van der Waals surface area contributed by atoms with E-state index in [4.69, 9.17) is 0 Å². The standard InChI is InChI=1S/C15H24N4O.2ClH/c1-11-9-13(6-7-14(20)19(2)3)18-15(17-11)12-5-4-8-16-10-12;;/h9,12,16H,4-8,10H2,1-3H3;2*1H. The fraction of sp³-hybridized carbons (Fsp3) is 0.667. The number of aromatic nitrogens is 2. The summed E-state index contributed by atoms with van der Waals surface area (Å²) >= 11 is 0. The number of nitrogens with zero attached hydrogens (tertiary/aromatic N) is 3. The van der Waals surface area contributed by atoms with Crippen LogP contribution in [0.2, 0.25) is 0 Å². The summed E-state index contributed by atoms with van der Waals surface area (Å²) in [5, 5.41) is 3.40. The number of carbonyl (C=O) groups excluding carboxylic acids is 1. The molecule has 2 rings (SSSR count). The molecule has 0 aliphatic carbocycles. The molecular formula is C15H26Cl2N4O. The highest BCUT2D eigenvalue weighted by Crippen LogP contribution is 2.20. The molecule has 0 aromatic carbocycles. The molecule has 0 bridgehead atoms. The first-order chi connectivity index (χ1) is 9.56. The molecule has 1 aliphatic heterocycles. The lowest BCUT2D eigenvalue weighted by Crippen LogP contribution is -2.29. The van der Waals surface area contributed by atoms with E-state index in [0.717, 1.165) is 36.7 Å². The van der Waals surface area contributed by atoms with Crippen molar-refractivity contribution in [2.24, 2.45) is 0 Å². The Morgan fingerprint density at radius 1 is 1.36 bits per heavy atom. The highest BCUT2D eigenvalue weighted by molar-refractivity contribution is 5.85. The molecule has 1 saturated heterocycles. The topological polar surface area (TPSA) is 58.1 Å². The smallest absolute Gasteiger partial charge is 0.222 e. The highest BCUT2D eigenvalue weighted by Gasteiger charge is 2.18. The van der Waals surface area contributed by atoms with Crippen LogP contribution < -0.4 is 5.32 Å². The number of piperidine rings is 1. The van der Waals surface area contributed by atoms with Crippen LogP contribution in [0.3, 0.4) is 0 Å². The molecule has 22 heavy (non-hydrogen) atoms. The van der Waals surface area contributed by atoms with Gasteiger partial charge >= 0.3 is 0 Å². The van der Waals surface area contributed by atoms with Gasteiger partial charge in [-0.25, -0.2) is 9.97 Å². The molecule has 1 aliphatic rings. The maximum atomic E-state index is 11.7. The van der Waals surface area contributed by atoms with Crippen molar-refractivity contribution >= 4 is 30.7 Å². The van der Waals surface area contributed by atoms with Crippen LogP contribution in [-0.2, 0) is 11.2 Å². The summed E-state index contributed by atoms with van der Waals surface area (Å²) in [5.74, 6) is 1.48. The molecule has 7 heteroatoms. The third-order valence-corrected chi connectivity index (χ3v) is 3.68. The summed E-state index contributed by atoms with van der Waals surface area (Å²) in [6, 6.07) is 1.99. The molecule has 1 aromatic heterocycles. The van der Waals surface area contributed by atoms with Gasteiger partial charge in [0.2, 0.25) is 5.91 Å². The normalized spacial score (nSPS) is 17.1. The van der Waals surface area contributed by atoms with Gasteiger partial charge < -0.3 is 10.2 Å². The Labute approximate surface area is 145 Å². The lowest BCUT2D eigenvalue weighted by atomic mass is 9.98. The maximum Gasteiger partial charge on any atom is 0.222 e. The predicted octanol–water partition coefficient (Wildman–Crippen LogP) is 2.12. The summed E-state index contributed by atoms with van der Waals surface area (Å²) in [6.07, 6.45) is 3.52. The van der Waals surface area contributed by atoms with Crippen molar-refractivity contribution in [1.29, 1.82) is 0 Å². The number of rotatable bonds is 4. The predicted molar refractivity (Wildman–Crippen MR) is 93.1 cm³/mol. The van der Waals surface area contributed by atoms with Crippen LogP contribution >= 0.6 is 24.8 Å². The number of aryl methyl sites for hydroxylation is 2. The molecule has 5 nitrogen and oxygen atoms in total. The van der Waals surface area contributed by atoms with E-state index in [9.17, 15) is 4.79 Å². The van der Waals surface area contributed by atoms with Gasteiger partial charge in [0.05, 0.1) is 0 Å². The summed E-state index contributed by atoms with van der Waals surface area (Å²) in [6.45, 7) is 4.05. The first-order valence-electron chi connectivity index (χ1n) is 7.31. The van der Waals surface area contributed by atoms with E-state index < -0.39 is 0 Å². The Balaban J connectivity index is 0.00000220. The molecule has 1 atom stereocenters. The van der Waals surface area contributed by atoms with Crippen LogP contribution in [0, 0.1) is 6.92 Å². The van der Waals surface area contributed by atoms with Gasteiger partial charge in [-0.15, -0.1) is 24.8 Å². The van der Waals surface area contributed by atoms with E-state index in [2.05, 4.69) is 15.3 Å². The third kappa shape index (κ3) is 6.07. The van der Waals surface area contributed by atoms with Crippen molar-refractivity contribution in [3.8, 4) is 0 Å². The average molecular weight is 349 g/mol. The number of hydrogen-bond acceptors (Lipinski definition) is 4. The molecule has 0 radical (unpaired) electrons. The van der Waals surface area contributed by atoms with Crippen molar-refractivity contribution in [2.75, 3.05) is 27.2 Å². The zero-order valence-electron chi connectivity index (χ0n) is 13.5. The van der Waals surface area contributed by atoms with E-state index in [-0.39, 0.29) is 30.7 Å². The van der Waals surface area contributed by atoms with Crippen molar-refractivity contribution in [2.45, 2.75) is 38.5 Å². The minimum atomic E-state index is 0. The molecule has 0 spiro atoms. The lowest BCUT2D eigenvalue weighted by Gasteiger charge is -2.22. The number of halogens is 2. The van der Waals surface area contributed by atoms with E-state index in [1.807, 2.05) is 13.0 Å². The monoisotopic (exact) mass is 348 g/mol. The minimum Gasteiger partial charge on any atom is -0.349 e. The number of nitrogens with one attached hydrogen (secondary N) is 1. The molecule has 1 N–H and O–H groups in total. The van der Waals surface area contributed by atoms with E-state index in [1.54, 1.807) is 19.0 Å². The van der Waals surface area contributed by atoms with Crippen molar-refractivity contribution in [1.82, 2.24) is 20.2 Å². The van der Waals surface area contributed by atoms with Crippen LogP contribution in [0.1, 0.15) is 42.4 Å². The molecule has 126 valence electrons. The summed E-state index contributed by atoms with van der Waals surface area (Å²) in [7, 11) is 3.57. The Morgan fingerprint density at radius 2 is 2.09 bits per heavy atom. The van der Waals surface area contributed by atoms with Crippen molar-refractivity contribution in [3.05, 3.63) is 23.3 Å². The number of carbonyl (C=O) groups is 1. The lowest BCUT2D eigenvalue weighted by molar-refractivity contribution is -0.128. The number of hydrogen-bond donors (Lipinski definition) is 1. The molecule has 1 amide bonds. The van der Waals surface area contributed by atoms with E-state index in [1.165, 1.54) is 6.42 Å².